The summed E-state index contributed by atoms with van der Waals surface area (Å²) in [5.74, 6) is 0.254. The van der Waals surface area contributed by atoms with Crippen LogP contribution < -0.4 is 5.32 Å². The van der Waals surface area contributed by atoms with Gasteiger partial charge in [0.2, 0.25) is 11.8 Å². The molecule has 5 heteroatoms. The molecular weight excluding hydrogens is 302 g/mol. The Hall–Kier alpha value is -2.30. The van der Waals surface area contributed by atoms with Gasteiger partial charge in [-0.15, -0.1) is 0 Å². The van der Waals surface area contributed by atoms with Crippen molar-refractivity contribution in [3.8, 4) is 0 Å². The number of hydrogen-bond donors (Lipinski definition) is 2. The van der Waals surface area contributed by atoms with Crippen molar-refractivity contribution in [2.24, 2.45) is 5.92 Å². The zero-order valence-corrected chi connectivity index (χ0v) is 14.4. The predicted molar refractivity (Wildman–Crippen MR) is 94.7 cm³/mol. The minimum atomic E-state index is 0.0321. The minimum Gasteiger partial charge on any atom is -0.358 e. The van der Waals surface area contributed by atoms with Gasteiger partial charge in [-0.2, -0.15) is 0 Å². The van der Waals surface area contributed by atoms with Crippen molar-refractivity contribution in [3.05, 3.63) is 35.5 Å². The van der Waals surface area contributed by atoms with Gasteiger partial charge in [-0.05, 0) is 37.8 Å². The van der Waals surface area contributed by atoms with Crippen molar-refractivity contribution in [2.45, 2.75) is 33.1 Å². The summed E-state index contributed by atoms with van der Waals surface area (Å²) in [6, 6.07) is 8.26. The van der Waals surface area contributed by atoms with Crippen LogP contribution in [-0.2, 0) is 16.0 Å². The van der Waals surface area contributed by atoms with Crippen molar-refractivity contribution < 1.29 is 9.59 Å². The normalized spacial score (nSPS) is 15.7. The van der Waals surface area contributed by atoms with Crippen LogP contribution in [0.4, 0.5) is 0 Å². The van der Waals surface area contributed by atoms with E-state index in [0.29, 0.717) is 19.6 Å². The van der Waals surface area contributed by atoms with Gasteiger partial charge in [0.05, 0.1) is 0 Å². The Labute approximate surface area is 142 Å². The van der Waals surface area contributed by atoms with Gasteiger partial charge < -0.3 is 15.2 Å². The lowest BCUT2D eigenvalue weighted by molar-refractivity contribution is -0.133. The molecule has 0 unspecified atom stereocenters. The van der Waals surface area contributed by atoms with Gasteiger partial charge in [-0.3, -0.25) is 9.59 Å². The number of fused-ring (bicyclic) bond motifs is 1. The first-order valence-electron chi connectivity index (χ1n) is 8.65. The summed E-state index contributed by atoms with van der Waals surface area (Å²) in [7, 11) is 0. The Morgan fingerprint density at radius 1 is 1.25 bits per heavy atom. The molecule has 3 rings (SSSR count). The van der Waals surface area contributed by atoms with Gasteiger partial charge in [0.25, 0.3) is 0 Å². The second-order valence-electron chi connectivity index (χ2n) is 6.60. The maximum absolute atomic E-state index is 12.3. The van der Waals surface area contributed by atoms with Crippen LogP contribution in [0.5, 0.6) is 0 Å². The number of para-hydroxylation sites is 1. The molecule has 0 bridgehead atoms. The first kappa shape index (κ1) is 16.6. The van der Waals surface area contributed by atoms with E-state index in [-0.39, 0.29) is 17.7 Å². The number of carbonyl (C=O) groups excluding carboxylic acids is 2. The van der Waals surface area contributed by atoms with Crippen molar-refractivity contribution in [2.75, 3.05) is 19.6 Å². The molecule has 0 atom stereocenters. The van der Waals surface area contributed by atoms with Crippen molar-refractivity contribution in [1.29, 1.82) is 0 Å². The van der Waals surface area contributed by atoms with E-state index in [4.69, 9.17) is 0 Å². The summed E-state index contributed by atoms with van der Waals surface area (Å²) in [4.78, 5) is 28.9. The lowest BCUT2D eigenvalue weighted by Gasteiger charge is -2.30. The average Bonchev–Trinajstić information content (AvgIpc) is 2.90. The fraction of sp³-hybridized carbons (Fsp3) is 0.474. The fourth-order valence-corrected chi connectivity index (χ4v) is 3.57. The van der Waals surface area contributed by atoms with E-state index < -0.39 is 0 Å². The standard InChI is InChI=1S/C19H25N3O2/c1-13-16(17-5-3-4-6-18(17)21-13)7-10-20-19(24)15-8-11-22(12-9-15)14(2)23/h3-6,15,21H,7-12H2,1-2H3,(H,20,24). The van der Waals surface area contributed by atoms with E-state index in [1.807, 2.05) is 17.0 Å². The maximum atomic E-state index is 12.3. The second-order valence-corrected chi connectivity index (χ2v) is 6.60. The summed E-state index contributed by atoms with van der Waals surface area (Å²) in [5, 5.41) is 4.31. The number of nitrogens with one attached hydrogen (secondary N) is 2. The number of likely N-dealkylation sites (tertiary alicyclic amines) is 1. The Morgan fingerprint density at radius 2 is 1.96 bits per heavy atom. The van der Waals surface area contributed by atoms with Crippen LogP contribution in [0.25, 0.3) is 10.9 Å². The number of aryl methyl sites for hydroxylation is 1. The van der Waals surface area contributed by atoms with Gasteiger partial charge in [0, 0.05) is 49.1 Å². The van der Waals surface area contributed by atoms with Gasteiger partial charge >= 0.3 is 0 Å². The molecule has 128 valence electrons. The third-order valence-electron chi connectivity index (χ3n) is 5.01. The van der Waals surface area contributed by atoms with Crippen molar-refractivity contribution >= 4 is 22.7 Å². The molecule has 0 aliphatic carbocycles. The molecule has 1 aromatic heterocycles. The average molecular weight is 327 g/mol. The molecule has 0 saturated carbocycles. The molecule has 24 heavy (non-hydrogen) atoms. The number of aromatic amines is 1. The molecule has 2 N–H and O–H groups in total. The van der Waals surface area contributed by atoms with Crippen LogP contribution in [0, 0.1) is 12.8 Å². The van der Waals surface area contributed by atoms with E-state index in [9.17, 15) is 9.59 Å². The first-order valence-corrected chi connectivity index (χ1v) is 8.65. The van der Waals surface area contributed by atoms with E-state index in [1.165, 1.54) is 16.6 Å². The highest BCUT2D eigenvalue weighted by Crippen LogP contribution is 2.22. The highest BCUT2D eigenvalue weighted by molar-refractivity contribution is 5.84. The molecule has 1 saturated heterocycles. The summed E-state index contributed by atoms with van der Waals surface area (Å²) in [6.45, 7) is 5.69. The molecule has 1 aromatic carbocycles. The smallest absolute Gasteiger partial charge is 0.223 e. The lowest BCUT2D eigenvalue weighted by Crippen LogP contribution is -2.42. The molecule has 0 radical (unpaired) electrons. The zero-order valence-electron chi connectivity index (χ0n) is 14.4. The zero-order chi connectivity index (χ0) is 17.1. The van der Waals surface area contributed by atoms with Crippen LogP contribution in [0.2, 0.25) is 0 Å². The number of H-pyrrole nitrogens is 1. The number of benzene rings is 1. The molecular formula is C19H25N3O2. The largest absolute Gasteiger partial charge is 0.358 e. The van der Waals surface area contributed by atoms with Gasteiger partial charge in [0.15, 0.2) is 0 Å². The summed E-state index contributed by atoms with van der Waals surface area (Å²) in [6.07, 6.45) is 2.35. The monoisotopic (exact) mass is 327 g/mol. The Kier molecular flexibility index (Phi) is 4.88. The van der Waals surface area contributed by atoms with Crippen LogP contribution in [-0.4, -0.2) is 41.3 Å². The molecule has 1 aliphatic heterocycles. The number of rotatable bonds is 4. The quantitative estimate of drug-likeness (QED) is 0.905. The molecule has 1 fully saturated rings. The van der Waals surface area contributed by atoms with E-state index in [2.05, 4.69) is 29.4 Å². The fourth-order valence-electron chi connectivity index (χ4n) is 3.57. The third kappa shape index (κ3) is 3.45. The van der Waals surface area contributed by atoms with Gasteiger partial charge in [-0.1, -0.05) is 18.2 Å². The molecule has 5 nitrogen and oxygen atoms in total. The topological polar surface area (TPSA) is 65.2 Å². The third-order valence-corrected chi connectivity index (χ3v) is 5.01. The molecule has 2 heterocycles. The number of carbonyl (C=O) groups is 2. The highest BCUT2D eigenvalue weighted by Gasteiger charge is 2.25. The van der Waals surface area contributed by atoms with Crippen molar-refractivity contribution in [3.63, 3.8) is 0 Å². The van der Waals surface area contributed by atoms with Crippen LogP contribution in [0.1, 0.15) is 31.0 Å². The number of hydrogen-bond acceptors (Lipinski definition) is 2. The first-order chi connectivity index (χ1) is 11.6. The number of nitrogens with zero attached hydrogens (tertiary/aromatic N) is 1. The minimum absolute atomic E-state index is 0.0321. The van der Waals surface area contributed by atoms with E-state index in [0.717, 1.165) is 24.8 Å². The Balaban J connectivity index is 1.52. The van der Waals surface area contributed by atoms with E-state index in [1.54, 1.807) is 6.92 Å². The highest BCUT2D eigenvalue weighted by atomic mass is 16.2. The van der Waals surface area contributed by atoms with Gasteiger partial charge in [-0.25, -0.2) is 0 Å². The summed E-state index contributed by atoms with van der Waals surface area (Å²) in [5.41, 5.74) is 3.59. The van der Waals surface area contributed by atoms with Crippen LogP contribution >= 0.6 is 0 Å². The number of piperidine rings is 1. The molecule has 2 aromatic rings. The van der Waals surface area contributed by atoms with Gasteiger partial charge in [0.1, 0.15) is 0 Å². The lowest BCUT2D eigenvalue weighted by atomic mass is 9.96. The van der Waals surface area contributed by atoms with E-state index >= 15 is 0 Å². The predicted octanol–water partition coefficient (Wildman–Crippen LogP) is 2.39. The number of aromatic nitrogens is 1. The Morgan fingerprint density at radius 3 is 2.67 bits per heavy atom. The summed E-state index contributed by atoms with van der Waals surface area (Å²) < 4.78 is 0. The Bertz CT molecular complexity index is 742. The molecule has 0 spiro atoms. The van der Waals surface area contributed by atoms with Crippen LogP contribution in [0.3, 0.4) is 0 Å². The maximum Gasteiger partial charge on any atom is 0.223 e. The number of amides is 2. The molecule has 1 aliphatic rings. The summed E-state index contributed by atoms with van der Waals surface area (Å²) >= 11 is 0. The second kappa shape index (κ2) is 7.07. The SMILES string of the molecule is CC(=O)N1CCC(C(=O)NCCc2c(C)[nH]c3ccccc23)CC1. The molecule has 2 amide bonds. The van der Waals surface area contributed by atoms with Crippen molar-refractivity contribution in [1.82, 2.24) is 15.2 Å². The van der Waals surface area contributed by atoms with Crippen LogP contribution in [0.15, 0.2) is 24.3 Å².